The number of nitrogens with two attached hydrogens (primary N) is 1. The smallest absolute Gasteiger partial charge is 0.320 e. The van der Waals surface area contributed by atoms with Gasteiger partial charge in [0.15, 0.2) is 0 Å². The third-order valence-corrected chi connectivity index (χ3v) is 0.474. The minimum atomic E-state index is -4.48. The highest BCUT2D eigenvalue weighted by molar-refractivity contribution is 7.80. The molecule has 0 aromatic carbocycles. The number of hydrogen-bond acceptors (Lipinski definition) is 2. The molecule has 0 spiro atoms. The summed E-state index contributed by atoms with van der Waals surface area (Å²) in [5.41, 5.74) is -4.52. The lowest BCUT2D eigenvalue weighted by Crippen LogP contribution is -2.30. The Morgan fingerprint density at radius 1 is 2.50 bits per heavy atom. The lowest BCUT2D eigenvalue weighted by atomic mass is 10.2. The van der Waals surface area contributed by atoms with Crippen LogP contribution in [-0.4, -0.2) is 26.2 Å². The monoisotopic (exact) mass is 147 g/mol. The average Bonchev–Trinajstić information content (AvgIpc) is 2.13. The summed E-state index contributed by atoms with van der Waals surface area (Å²) in [5.74, 6) is -2.33. The molecule has 1 atom stereocenters. The van der Waals surface area contributed by atoms with E-state index in [2.05, 4.69) is 0 Å². The number of aliphatic carboxylic acids is 1. The Bertz CT molecular complexity index is 341. The van der Waals surface area contributed by atoms with Crippen LogP contribution in [0.25, 0.3) is 0 Å². The number of rotatable bonds is 5. The fraction of sp³-hybridized carbons (Fsp3) is 0.750. The molecule has 0 fully saturated rings. The van der Waals surface area contributed by atoms with Crippen molar-refractivity contribution in [1.82, 2.24) is 0 Å². The second-order valence-electron chi connectivity index (χ2n) is 0.881. The van der Waals surface area contributed by atoms with E-state index in [1.807, 2.05) is 0 Å². The molecule has 0 saturated heterocycles. The van der Waals surface area contributed by atoms with Crippen molar-refractivity contribution in [3.05, 3.63) is 0 Å². The molecular formula is C4H11NO2S. The van der Waals surface area contributed by atoms with Gasteiger partial charge in [-0.1, -0.05) is 0 Å². The third kappa shape index (κ3) is 2.87. The molecule has 0 aromatic rings. The van der Waals surface area contributed by atoms with E-state index in [0.717, 1.165) is 0 Å². The van der Waals surface area contributed by atoms with Gasteiger partial charge in [0.2, 0.25) is 0 Å². The van der Waals surface area contributed by atoms with Gasteiger partial charge in [0.1, 0.15) is 8.84 Å². The summed E-state index contributed by atoms with van der Waals surface area (Å²) in [5, 5.41) is 8.72. The van der Waals surface area contributed by atoms with E-state index in [0.29, 0.717) is 0 Å². The summed E-state index contributed by atoms with van der Waals surface area (Å²) in [6.07, 6.45) is -3.80. The SMILES string of the molecule is [2H]N([2H])[C@]([2H])(C(=O)O)C([2H])([2H])C([2H])([2H])S([2H])([2H])[2H]. The maximum absolute atomic E-state index is 10.8. The van der Waals surface area contributed by atoms with E-state index in [1.54, 1.807) is 0 Å². The predicted molar refractivity (Wildman–Crippen MR) is 36.9 cm³/mol. The van der Waals surface area contributed by atoms with Crippen molar-refractivity contribution < 1.29 is 19.6 Å². The fourth-order valence-electron chi connectivity index (χ4n) is 0.102. The van der Waals surface area contributed by atoms with Crippen LogP contribution < -0.4 is 5.72 Å². The van der Waals surface area contributed by atoms with Gasteiger partial charge in [-0.25, -0.2) is 0 Å². The van der Waals surface area contributed by atoms with Crippen LogP contribution in [0.5, 0.6) is 0 Å². The molecule has 0 radical (unpaired) electrons. The molecule has 0 aromatic heterocycles. The largest absolute Gasteiger partial charge is 0.480 e. The molecule has 0 rings (SSSR count). The minimum absolute atomic E-state index is 0.863. The normalized spacial score (nSPS) is 43.1. The Morgan fingerprint density at radius 3 is 3.62 bits per heavy atom. The van der Waals surface area contributed by atoms with Crippen molar-refractivity contribution in [3.63, 3.8) is 0 Å². The molecule has 4 heteroatoms. The van der Waals surface area contributed by atoms with Crippen LogP contribution in [0.15, 0.2) is 0 Å². The molecule has 0 heterocycles. The van der Waals surface area contributed by atoms with Gasteiger partial charge in [-0.15, -0.1) is 0 Å². The number of carboxylic acids is 1. The highest BCUT2D eigenvalue weighted by Gasteiger charge is 2.07. The summed E-state index contributed by atoms with van der Waals surface area (Å²) >= 11 is -4.48. The van der Waals surface area contributed by atoms with E-state index in [4.69, 9.17) is 18.2 Å². The second kappa shape index (κ2) is 3.74. The maximum atomic E-state index is 10.8. The molecule has 0 aliphatic carbocycles. The molecule has 0 bridgehead atoms. The Hall–Kier alpha value is -0.220. The van der Waals surface area contributed by atoms with Gasteiger partial charge in [-0.2, -0.15) is 0 Å². The number of hydrogen-bond donors (Lipinski definition) is 2. The van der Waals surface area contributed by atoms with Crippen LogP contribution in [0.1, 0.15) is 13.2 Å². The Morgan fingerprint density at radius 2 is 3.25 bits per heavy atom. The first-order valence-electron chi connectivity index (χ1n) is 6.22. The zero-order valence-corrected chi connectivity index (χ0v) is 4.53. The van der Waals surface area contributed by atoms with Crippen LogP contribution in [0, 0.1) is 0 Å². The van der Waals surface area contributed by atoms with Gasteiger partial charge in [0.25, 0.3) is 0 Å². The second-order valence-corrected chi connectivity index (χ2v) is 1.08. The summed E-state index contributed by atoms with van der Waals surface area (Å²) in [6.45, 7) is 0. The number of carbonyl (C=O) groups is 1. The highest BCUT2D eigenvalue weighted by atomic mass is 32.1. The lowest BCUT2D eigenvalue weighted by Gasteiger charge is -2.00. The molecule has 0 unspecified atom stereocenters. The van der Waals surface area contributed by atoms with Gasteiger partial charge in [-0.3, -0.25) is 17.1 Å². The molecule has 0 amide bonds. The van der Waals surface area contributed by atoms with Gasteiger partial charge < -0.3 is 10.8 Å². The zero-order chi connectivity index (χ0) is 15.2. The first-order valence-corrected chi connectivity index (χ1v) is 2.01. The first kappa shape index (κ1) is 1.27. The molecule has 0 saturated carbocycles. The lowest BCUT2D eigenvalue weighted by molar-refractivity contribution is -0.138. The molecule has 0 aliphatic rings. The maximum Gasteiger partial charge on any atom is 0.320 e. The van der Waals surface area contributed by atoms with E-state index >= 15 is 0 Å². The quantitative estimate of drug-likeness (QED) is 0.534. The van der Waals surface area contributed by atoms with E-state index in [1.165, 1.54) is 0 Å². The zero-order valence-electron chi connectivity index (χ0n) is 13.7. The standard InChI is InChI=1S/C4H11NO2S/c5-3(1-2-8)4(6)7/h3H,1-2,5H2,8H3,(H,6,7)/t3-/m0/s1/i1D2,2D2,3D,8D3/hD2. The van der Waals surface area contributed by atoms with Crippen LogP contribution in [0.4, 0.5) is 0 Å². The van der Waals surface area contributed by atoms with Crippen molar-refractivity contribution in [3.8, 4) is 0 Å². The van der Waals surface area contributed by atoms with Gasteiger partial charge in [0, 0.05) is 5.48 Å². The molecule has 0 aliphatic heterocycles. The molecule has 3 nitrogen and oxygen atoms in total. The Labute approximate surface area is 66.5 Å². The minimum Gasteiger partial charge on any atom is -0.480 e. The van der Waals surface area contributed by atoms with Crippen LogP contribution >= 0.6 is 12.3 Å². The van der Waals surface area contributed by atoms with Gasteiger partial charge >= 0.3 is 5.97 Å². The fourth-order valence-corrected chi connectivity index (χ4v) is 0.198. The predicted octanol–water partition coefficient (Wildman–Crippen LogP) is -0.817. The van der Waals surface area contributed by atoms with Gasteiger partial charge in [-0.05, 0) is 12.1 Å². The topological polar surface area (TPSA) is 63.3 Å². The van der Waals surface area contributed by atoms with E-state index < -0.39 is 42.1 Å². The van der Waals surface area contributed by atoms with Crippen molar-refractivity contribution in [2.45, 2.75) is 12.4 Å². The highest BCUT2D eigenvalue weighted by Crippen LogP contribution is 1.88. The van der Waals surface area contributed by atoms with Crippen molar-refractivity contribution in [1.29, 1.82) is 3.37 Å². The summed E-state index contributed by atoms with van der Waals surface area (Å²) < 4.78 is 70.6. The van der Waals surface area contributed by atoms with Crippen LogP contribution in [-0.2, 0) is 4.79 Å². The number of carboxylic acid groups (broad SMARTS) is 1. The van der Waals surface area contributed by atoms with E-state index in [9.17, 15) is 4.79 Å². The Kier molecular flexibility index (Phi) is 0.594. The van der Waals surface area contributed by atoms with Crippen molar-refractivity contribution in [2.75, 3.05) is 5.70 Å². The molecule has 50 valence electrons. The first-order chi connectivity index (χ1) is 7.64. The van der Waals surface area contributed by atoms with Crippen LogP contribution in [0.3, 0.4) is 0 Å². The van der Waals surface area contributed by atoms with Crippen molar-refractivity contribution >= 4 is 18.3 Å². The molecule has 3 N–H and O–H groups in total. The van der Waals surface area contributed by atoms with Gasteiger partial charge in [0.05, 0.1) is 4.74 Å². The molecular weight excluding hydrogens is 126 g/mol. The summed E-state index contributed by atoms with van der Waals surface area (Å²) in [7, 11) is 0. The summed E-state index contributed by atoms with van der Waals surface area (Å²) in [6, 6.07) is -3.71. The van der Waals surface area contributed by atoms with Crippen LogP contribution in [0.2, 0.25) is 2.82 Å². The Balaban J connectivity index is 5.97. The third-order valence-electron chi connectivity index (χ3n) is 0.372. The molecule has 8 heavy (non-hydrogen) atoms. The summed E-state index contributed by atoms with van der Waals surface area (Å²) in [4.78, 5) is 10.8. The van der Waals surface area contributed by atoms with E-state index in [-0.39, 0.29) is 0 Å². The van der Waals surface area contributed by atoms with Crippen molar-refractivity contribution in [2.24, 2.45) is 5.72 Å². The average molecular weight is 147 g/mol.